The first-order chi connectivity index (χ1) is 8.31. The van der Waals surface area contributed by atoms with Gasteiger partial charge in [-0.2, -0.15) is 0 Å². The van der Waals surface area contributed by atoms with Crippen molar-refractivity contribution in [3.8, 4) is 5.75 Å². The van der Waals surface area contributed by atoms with Crippen molar-refractivity contribution in [2.75, 3.05) is 24.7 Å². The number of anilines is 2. The van der Waals surface area contributed by atoms with Gasteiger partial charge in [0.05, 0.1) is 7.11 Å². The second-order valence-corrected chi connectivity index (χ2v) is 4.43. The summed E-state index contributed by atoms with van der Waals surface area (Å²) in [7, 11) is 1.56. The molecule has 2 aromatic rings. The predicted molar refractivity (Wildman–Crippen MR) is 69.5 cm³/mol. The van der Waals surface area contributed by atoms with E-state index >= 15 is 0 Å². The molecule has 0 radical (unpaired) electrons. The van der Waals surface area contributed by atoms with Crippen molar-refractivity contribution in [1.82, 2.24) is 9.97 Å². The molecule has 17 heavy (non-hydrogen) atoms. The number of nitrogens with two attached hydrogens (primary N) is 1. The Balaban J connectivity index is 1.97. The molecule has 0 bridgehead atoms. The van der Waals surface area contributed by atoms with E-state index in [0.717, 1.165) is 13.0 Å². The SMILES string of the molecule is COc1c(N)ncnc1NCCc1cccs1. The number of thiophene rings is 1. The van der Waals surface area contributed by atoms with Crippen molar-refractivity contribution in [2.45, 2.75) is 6.42 Å². The highest BCUT2D eigenvalue weighted by molar-refractivity contribution is 7.09. The van der Waals surface area contributed by atoms with Gasteiger partial charge in [-0.25, -0.2) is 9.97 Å². The van der Waals surface area contributed by atoms with Crippen molar-refractivity contribution in [2.24, 2.45) is 0 Å². The van der Waals surface area contributed by atoms with E-state index < -0.39 is 0 Å². The first-order valence-electron chi connectivity index (χ1n) is 5.22. The summed E-state index contributed by atoms with van der Waals surface area (Å²) < 4.78 is 5.15. The Hall–Kier alpha value is -1.82. The van der Waals surface area contributed by atoms with Gasteiger partial charge in [0.2, 0.25) is 5.75 Å². The van der Waals surface area contributed by atoms with Gasteiger partial charge in [-0.05, 0) is 17.9 Å². The third-order valence-corrected chi connectivity index (χ3v) is 3.22. The highest BCUT2D eigenvalue weighted by atomic mass is 32.1. The second-order valence-electron chi connectivity index (χ2n) is 3.40. The summed E-state index contributed by atoms with van der Waals surface area (Å²) in [5.74, 6) is 1.48. The van der Waals surface area contributed by atoms with E-state index in [1.165, 1.54) is 11.2 Å². The number of methoxy groups -OCH3 is 1. The van der Waals surface area contributed by atoms with Gasteiger partial charge in [-0.1, -0.05) is 6.07 Å². The molecule has 0 atom stereocenters. The molecule has 2 aromatic heterocycles. The summed E-state index contributed by atoms with van der Waals surface area (Å²) in [4.78, 5) is 9.31. The normalized spacial score (nSPS) is 10.2. The highest BCUT2D eigenvalue weighted by Gasteiger charge is 2.08. The third-order valence-electron chi connectivity index (χ3n) is 2.28. The van der Waals surface area contributed by atoms with Gasteiger partial charge in [0.25, 0.3) is 0 Å². The lowest BCUT2D eigenvalue weighted by Crippen LogP contribution is -2.09. The van der Waals surface area contributed by atoms with E-state index in [4.69, 9.17) is 10.5 Å². The number of hydrogen-bond acceptors (Lipinski definition) is 6. The number of nitrogen functional groups attached to an aromatic ring is 1. The lowest BCUT2D eigenvalue weighted by atomic mass is 10.3. The minimum atomic E-state index is 0.348. The number of nitrogens with zero attached hydrogens (tertiary/aromatic N) is 2. The molecule has 0 aromatic carbocycles. The third kappa shape index (κ3) is 2.85. The zero-order valence-corrected chi connectivity index (χ0v) is 10.3. The molecule has 0 aliphatic heterocycles. The van der Waals surface area contributed by atoms with Crippen LogP contribution in [0.3, 0.4) is 0 Å². The molecule has 90 valence electrons. The van der Waals surface area contributed by atoms with Gasteiger partial charge in [-0.3, -0.25) is 0 Å². The molecule has 0 amide bonds. The Morgan fingerprint density at radius 3 is 3.06 bits per heavy atom. The Labute approximate surface area is 104 Å². The summed E-state index contributed by atoms with van der Waals surface area (Å²) in [5, 5.41) is 5.26. The summed E-state index contributed by atoms with van der Waals surface area (Å²) in [6, 6.07) is 4.15. The molecule has 0 saturated carbocycles. The van der Waals surface area contributed by atoms with Crippen molar-refractivity contribution < 1.29 is 4.74 Å². The smallest absolute Gasteiger partial charge is 0.203 e. The summed E-state index contributed by atoms with van der Waals surface area (Å²) in [5.41, 5.74) is 5.68. The molecular formula is C11H14N4OS. The Morgan fingerprint density at radius 2 is 2.35 bits per heavy atom. The van der Waals surface area contributed by atoms with Gasteiger partial charge in [0, 0.05) is 11.4 Å². The molecule has 5 nitrogen and oxygen atoms in total. The van der Waals surface area contributed by atoms with Gasteiger partial charge in [-0.15, -0.1) is 11.3 Å². The molecule has 0 saturated heterocycles. The minimum absolute atomic E-state index is 0.348. The summed E-state index contributed by atoms with van der Waals surface area (Å²) >= 11 is 1.74. The van der Waals surface area contributed by atoms with Crippen LogP contribution in [0.1, 0.15) is 4.88 Å². The maximum Gasteiger partial charge on any atom is 0.203 e. The van der Waals surface area contributed by atoms with E-state index in [-0.39, 0.29) is 0 Å². The molecule has 0 fully saturated rings. The number of ether oxygens (including phenoxy) is 1. The quantitative estimate of drug-likeness (QED) is 0.846. The molecule has 0 unspecified atom stereocenters. The number of aromatic nitrogens is 2. The van der Waals surface area contributed by atoms with Crippen LogP contribution in [0.25, 0.3) is 0 Å². The zero-order valence-electron chi connectivity index (χ0n) is 9.51. The van der Waals surface area contributed by atoms with Crippen LogP contribution >= 0.6 is 11.3 Å². The average Bonchev–Trinajstić information content (AvgIpc) is 2.82. The molecular weight excluding hydrogens is 236 g/mol. The summed E-state index contributed by atoms with van der Waals surface area (Å²) in [6.07, 6.45) is 2.37. The molecule has 3 N–H and O–H groups in total. The fourth-order valence-corrected chi connectivity index (χ4v) is 2.18. The van der Waals surface area contributed by atoms with Crippen molar-refractivity contribution in [3.63, 3.8) is 0 Å². The number of rotatable bonds is 5. The molecule has 2 rings (SSSR count). The van der Waals surface area contributed by atoms with Crippen LogP contribution in [0.5, 0.6) is 5.75 Å². The predicted octanol–water partition coefficient (Wildman–Crippen LogP) is 1.78. The summed E-state index contributed by atoms with van der Waals surface area (Å²) in [6.45, 7) is 0.785. The van der Waals surface area contributed by atoms with Crippen LogP contribution in [0.4, 0.5) is 11.6 Å². The maximum atomic E-state index is 5.68. The average molecular weight is 250 g/mol. The van der Waals surface area contributed by atoms with Crippen LogP contribution in [0.15, 0.2) is 23.8 Å². The largest absolute Gasteiger partial charge is 0.490 e. The fraction of sp³-hybridized carbons (Fsp3) is 0.273. The van der Waals surface area contributed by atoms with Crippen molar-refractivity contribution in [3.05, 3.63) is 28.7 Å². The van der Waals surface area contributed by atoms with Crippen molar-refractivity contribution >= 4 is 23.0 Å². The van der Waals surface area contributed by atoms with Crippen molar-refractivity contribution in [1.29, 1.82) is 0 Å². The number of nitrogens with one attached hydrogen (secondary N) is 1. The standard InChI is InChI=1S/C11H14N4OS/c1-16-9-10(12)14-7-15-11(9)13-5-4-8-3-2-6-17-8/h2-3,6-7H,4-5H2,1H3,(H3,12,13,14,15). The lowest BCUT2D eigenvalue weighted by molar-refractivity contribution is 0.415. The van der Waals surface area contributed by atoms with E-state index in [1.807, 2.05) is 6.07 Å². The zero-order chi connectivity index (χ0) is 12.1. The maximum absolute atomic E-state index is 5.68. The van der Waals surface area contributed by atoms with E-state index in [1.54, 1.807) is 18.4 Å². The molecule has 6 heteroatoms. The van der Waals surface area contributed by atoms with Crippen LogP contribution in [0, 0.1) is 0 Å². The second kappa shape index (κ2) is 5.49. The van der Waals surface area contributed by atoms with Crippen LogP contribution in [-0.4, -0.2) is 23.6 Å². The highest BCUT2D eigenvalue weighted by Crippen LogP contribution is 2.26. The van der Waals surface area contributed by atoms with Crippen LogP contribution in [0.2, 0.25) is 0 Å². The Morgan fingerprint density at radius 1 is 1.47 bits per heavy atom. The lowest BCUT2D eigenvalue weighted by Gasteiger charge is -2.10. The Kier molecular flexibility index (Phi) is 3.77. The molecule has 0 aliphatic rings. The van der Waals surface area contributed by atoms with Gasteiger partial charge >= 0.3 is 0 Å². The van der Waals surface area contributed by atoms with E-state index in [0.29, 0.717) is 17.4 Å². The van der Waals surface area contributed by atoms with Crippen LogP contribution in [-0.2, 0) is 6.42 Å². The topological polar surface area (TPSA) is 73.1 Å². The molecule has 0 aliphatic carbocycles. The van der Waals surface area contributed by atoms with E-state index in [9.17, 15) is 0 Å². The van der Waals surface area contributed by atoms with Gasteiger partial charge in [0.15, 0.2) is 11.6 Å². The molecule has 2 heterocycles. The first kappa shape index (κ1) is 11.7. The molecule has 0 spiro atoms. The fourth-order valence-electron chi connectivity index (χ4n) is 1.47. The van der Waals surface area contributed by atoms with Gasteiger partial charge in [0.1, 0.15) is 6.33 Å². The minimum Gasteiger partial charge on any atom is -0.490 e. The first-order valence-corrected chi connectivity index (χ1v) is 6.10. The van der Waals surface area contributed by atoms with E-state index in [2.05, 4.69) is 26.7 Å². The van der Waals surface area contributed by atoms with Crippen LogP contribution < -0.4 is 15.8 Å². The van der Waals surface area contributed by atoms with Gasteiger partial charge < -0.3 is 15.8 Å². The number of hydrogen-bond donors (Lipinski definition) is 2. The monoisotopic (exact) mass is 250 g/mol. The Bertz CT molecular complexity index is 472.